The first kappa shape index (κ1) is 21.0. The number of carbonyl (C=O) groups is 3. The zero-order valence-electron chi connectivity index (χ0n) is 15.3. The lowest BCUT2D eigenvalue weighted by atomic mass is 10.2. The average molecular weight is 396 g/mol. The van der Waals surface area contributed by atoms with Gasteiger partial charge in [-0.3, -0.25) is 14.4 Å². The molecule has 3 amide bonds. The SMILES string of the molecule is CCNC(=O)CNC(=O)c1ccccc1SCC(=O)Nc1cccc(C#N)c1. The molecule has 2 aromatic rings. The van der Waals surface area contributed by atoms with Gasteiger partial charge in [0, 0.05) is 17.1 Å². The number of thioether (sulfide) groups is 1. The van der Waals surface area contributed by atoms with Crippen LogP contribution in [0.25, 0.3) is 0 Å². The summed E-state index contributed by atoms with van der Waals surface area (Å²) in [4.78, 5) is 36.7. The second-order valence-electron chi connectivity index (χ2n) is 5.66. The Hall–Kier alpha value is -3.31. The third-order valence-electron chi connectivity index (χ3n) is 3.55. The number of anilines is 1. The van der Waals surface area contributed by atoms with Gasteiger partial charge in [0.15, 0.2) is 0 Å². The van der Waals surface area contributed by atoms with E-state index in [1.807, 2.05) is 6.07 Å². The molecular formula is C20H20N4O3S. The van der Waals surface area contributed by atoms with Gasteiger partial charge in [-0.2, -0.15) is 5.26 Å². The van der Waals surface area contributed by atoms with Crippen molar-refractivity contribution >= 4 is 35.2 Å². The highest BCUT2D eigenvalue weighted by Gasteiger charge is 2.14. The van der Waals surface area contributed by atoms with Crippen LogP contribution in [0.1, 0.15) is 22.8 Å². The molecule has 0 saturated heterocycles. The average Bonchev–Trinajstić information content (AvgIpc) is 2.71. The highest BCUT2D eigenvalue weighted by atomic mass is 32.2. The molecule has 2 rings (SSSR count). The van der Waals surface area contributed by atoms with Crippen molar-refractivity contribution in [3.05, 3.63) is 59.7 Å². The van der Waals surface area contributed by atoms with Crippen molar-refractivity contribution in [3.63, 3.8) is 0 Å². The molecule has 0 spiro atoms. The van der Waals surface area contributed by atoms with Crippen LogP contribution >= 0.6 is 11.8 Å². The van der Waals surface area contributed by atoms with Crippen molar-refractivity contribution in [1.82, 2.24) is 10.6 Å². The lowest BCUT2D eigenvalue weighted by Crippen LogP contribution is -2.36. The minimum atomic E-state index is -0.378. The molecule has 0 aliphatic rings. The van der Waals surface area contributed by atoms with Crippen molar-refractivity contribution in [1.29, 1.82) is 5.26 Å². The van der Waals surface area contributed by atoms with E-state index in [1.165, 1.54) is 11.8 Å². The number of amides is 3. The molecule has 0 fully saturated rings. The highest BCUT2D eigenvalue weighted by Crippen LogP contribution is 2.23. The molecule has 7 nitrogen and oxygen atoms in total. The largest absolute Gasteiger partial charge is 0.355 e. The van der Waals surface area contributed by atoms with E-state index in [2.05, 4.69) is 16.0 Å². The number of benzene rings is 2. The normalized spacial score (nSPS) is 9.86. The second kappa shape index (κ2) is 10.7. The number of likely N-dealkylation sites (N-methyl/N-ethyl adjacent to an activating group) is 1. The first-order valence-corrected chi connectivity index (χ1v) is 9.58. The summed E-state index contributed by atoms with van der Waals surface area (Å²) in [7, 11) is 0. The van der Waals surface area contributed by atoms with Gasteiger partial charge in [-0.15, -0.1) is 11.8 Å². The third-order valence-corrected chi connectivity index (χ3v) is 4.62. The smallest absolute Gasteiger partial charge is 0.252 e. The van der Waals surface area contributed by atoms with Gasteiger partial charge in [-0.25, -0.2) is 0 Å². The Bertz CT molecular complexity index is 908. The number of nitrogens with one attached hydrogen (secondary N) is 3. The fourth-order valence-electron chi connectivity index (χ4n) is 2.30. The van der Waals surface area contributed by atoms with Gasteiger partial charge in [0.2, 0.25) is 11.8 Å². The van der Waals surface area contributed by atoms with Crippen molar-refractivity contribution in [2.45, 2.75) is 11.8 Å². The minimum absolute atomic E-state index is 0.0946. The Labute approximate surface area is 167 Å². The molecule has 3 N–H and O–H groups in total. The zero-order valence-corrected chi connectivity index (χ0v) is 16.1. The predicted octanol–water partition coefficient (Wildman–Crippen LogP) is 2.15. The van der Waals surface area contributed by atoms with Gasteiger partial charge in [0.05, 0.1) is 29.5 Å². The lowest BCUT2D eigenvalue weighted by Gasteiger charge is -2.10. The summed E-state index contributed by atoms with van der Waals surface area (Å²) in [5.74, 6) is -0.800. The van der Waals surface area contributed by atoms with Crippen LogP contribution in [0.2, 0.25) is 0 Å². The maximum Gasteiger partial charge on any atom is 0.252 e. The van der Waals surface area contributed by atoms with Crippen LogP contribution in [0.15, 0.2) is 53.4 Å². The van der Waals surface area contributed by atoms with E-state index in [9.17, 15) is 14.4 Å². The first-order valence-electron chi connectivity index (χ1n) is 8.60. The van der Waals surface area contributed by atoms with Crippen LogP contribution in [0, 0.1) is 11.3 Å². The fraction of sp³-hybridized carbons (Fsp3) is 0.200. The molecule has 0 saturated carbocycles. The van der Waals surface area contributed by atoms with Gasteiger partial charge in [0.1, 0.15) is 0 Å². The maximum absolute atomic E-state index is 12.3. The topological polar surface area (TPSA) is 111 Å². The summed E-state index contributed by atoms with van der Waals surface area (Å²) in [6, 6.07) is 15.5. The molecule has 8 heteroatoms. The van der Waals surface area contributed by atoms with E-state index in [0.717, 1.165) is 0 Å². The summed E-state index contributed by atoms with van der Waals surface area (Å²) in [6.07, 6.45) is 0. The minimum Gasteiger partial charge on any atom is -0.355 e. The Morgan fingerprint density at radius 3 is 2.57 bits per heavy atom. The van der Waals surface area contributed by atoms with Gasteiger partial charge < -0.3 is 16.0 Å². The van der Waals surface area contributed by atoms with Crippen LogP contribution in [0.3, 0.4) is 0 Å². The van der Waals surface area contributed by atoms with Crippen LogP contribution < -0.4 is 16.0 Å². The van der Waals surface area contributed by atoms with Crippen LogP contribution in [0.5, 0.6) is 0 Å². The predicted molar refractivity (Wildman–Crippen MR) is 108 cm³/mol. The fourth-order valence-corrected chi connectivity index (χ4v) is 3.15. The van der Waals surface area contributed by atoms with E-state index in [1.54, 1.807) is 55.5 Å². The Kier molecular flexibility index (Phi) is 8.06. The lowest BCUT2D eigenvalue weighted by molar-refractivity contribution is -0.120. The molecule has 144 valence electrons. The van der Waals surface area contributed by atoms with E-state index in [0.29, 0.717) is 28.3 Å². The van der Waals surface area contributed by atoms with Gasteiger partial charge in [-0.05, 0) is 37.3 Å². The monoisotopic (exact) mass is 396 g/mol. The van der Waals surface area contributed by atoms with Crippen molar-refractivity contribution < 1.29 is 14.4 Å². The molecule has 2 aromatic carbocycles. The number of rotatable bonds is 8. The van der Waals surface area contributed by atoms with E-state index in [-0.39, 0.29) is 30.0 Å². The molecule has 0 aliphatic carbocycles. The summed E-state index contributed by atoms with van der Waals surface area (Å²) in [5.41, 5.74) is 1.40. The quantitative estimate of drug-likeness (QED) is 0.592. The summed E-state index contributed by atoms with van der Waals surface area (Å²) in [6.45, 7) is 2.18. The Morgan fingerprint density at radius 2 is 1.82 bits per heavy atom. The molecular weight excluding hydrogens is 376 g/mol. The highest BCUT2D eigenvalue weighted by molar-refractivity contribution is 8.00. The van der Waals surface area contributed by atoms with E-state index < -0.39 is 0 Å². The van der Waals surface area contributed by atoms with Gasteiger partial charge in [-0.1, -0.05) is 18.2 Å². The molecule has 28 heavy (non-hydrogen) atoms. The number of nitrogens with zero attached hydrogens (tertiary/aromatic N) is 1. The van der Waals surface area contributed by atoms with E-state index in [4.69, 9.17) is 5.26 Å². The zero-order chi connectivity index (χ0) is 20.4. The molecule has 0 radical (unpaired) electrons. The number of hydrogen-bond donors (Lipinski definition) is 3. The molecule has 0 atom stereocenters. The number of carbonyl (C=O) groups excluding carboxylic acids is 3. The molecule has 0 aliphatic heterocycles. The van der Waals surface area contributed by atoms with Crippen molar-refractivity contribution in [2.75, 3.05) is 24.2 Å². The van der Waals surface area contributed by atoms with Crippen molar-refractivity contribution in [3.8, 4) is 6.07 Å². The molecule has 0 bridgehead atoms. The van der Waals surface area contributed by atoms with Crippen molar-refractivity contribution in [2.24, 2.45) is 0 Å². The maximum atomic E-state index is 12.3. The van der Waals surface area contributed by atoms with Crippen LogP contribution in [0.4, 0.5) is 5.69 Å². The Balaban J connectivity index is 1.95. The third kappa shape index (κ3) is 6.45. The van der Waals surface area contributed by atoms with Crippen LogP contribution in [-0.4, -0.2) is 36.6 Å². The van der Waals surface area contributed by atoms with Crippen LogP contribution in [-0.2, 0) is 9.59 Å². The molecule has 0 aromatic heterocycles. The second-order valence-corrected chi connectivity index (χ2v) is 6.68. The molecule has 0 heterocycles. The van der Waals surface area contributed by atoms with Gasteiger partial charge in [0.25, 0.3) is 5.91 Å². The Morgan fingerprint density at radius 1 is 1.04 bits per heavy atom. The number of hydrogen-bond acceptors (Lipinski definition) is 5. The van der Waals surface area contributed by atoms with E-state index >= 15 is 0 Å². The molecule has 0 unspecified atom stereocenters. The first-order chi connectivity index (χ1) is 13.5. The standard InChI is InChI=1S/C20H20N4O3S/c1-2-22-18(25)12-23-20(27)16-8-3-4-9-17(16)28-13-19(26)24-15-7-5-6-14(10-15)11-21/h3-10H,2,12-13H2,1H3,(H,22,25)(H,23,27)(H,24,26). The number of nitriles is 1. The summed E-state index contributed by atoms with van der Waals surface area (Å²) in [5, 5.41) is 16.8. The van der Waals surface area contributed by atoms with Gasteiger partial charge >= 0.3 is 0 Å². The summed E-state index contributed by atoms with van der Waals surface area (Å²) >= 11 is 1.22. The summed E-state index contributed by atoms with van der Waals surface area (Å²) < 4.78 is 0.